The minimum Gasteiger partial charge on any atom is -0.481 e. The van der Waals surface area contributed by atoms with Gasteiger partial charge in [0.1, 0.15) is 5.92 Å². The van der Waals surface area contributed by atoms with Crippen LogP contribution in [0.2, 0.25) is 0 Å². The molecule has 2 fully saturated rings. The normalized spacial score (nSPS) is 26.6. The predicted octanol–water partition coefficient (Wildman–Crippen LogP) is 0.344. The van der Waals surface area contributed by atoms with E-state index in [1.54, 1.807) is 0 Å². The number of carboxylic acid groups (broad SMARTS) is 1. The molecule has 20 heavy (non-hydrogen) atoms. The van der Waals surface area contributed by atoms with Crippen LogP contribution in [0.5, 0.6) is 0 Å². The molecule has 2 rings (SSSR count). The average Bonchev–Trinajstić information content (AvgIpc) is 3.05. The number of hydrogen-bond acceptors (Lipinski definition) is 4. The zero-order valence-electron chi connectivity index (χ0n) is 11.5. The molecule has 7 nitrogen and oxygen atoms in total. The SMILES string of the molecule is O=C(NCCOC1CCCC1)NC1COCC1C(=O)O. The number of carbonyl (C=O) groups is 2. The third-order valence-electron chi connectivity index (χ3n) is 3.76. The van der Waals surface area contributed by atoms with E-state index in [-0.39, 0.29) is 19.2 Å². The van der Waals surface area contributed by atoms with Crippen LogP contribution in [0.4, 0.5) is 4.79 Å². The van der Waals surface area contributed by atoms with Crippen molar-refractivity contribution in [3.05, 3.63) is 0 Å². The Balaban J connectivity index is 1.58. The fraction of sp³-hybridized carbons (Fsp3) is 0.846. The van der Waals surface area contributed by atoms with E-state index in [2.05, 4.69) is 10.6 Å². The second-order valence-electron chi connectivity index (χ2n) is 5.27. The third-order valence-corrected chi connectivity index (χ3v) is 3.76. The minimum absolute atomic E-state index is 0.144. The van der Waals surface area contributed by atoms with Crippen LogP contribution in [0.15, 0.2) is 0 Å². The molecule has 1 saturated heterocycles. The molecular weight excluding hydrogens is 264 g/mol. The summed E-state index contributed by atoms with van der Waals surface area (Å²) in [6.45, 7) is 1.29. The van der Waals surface area contributed by atoms with Crippen molar-refractivity contribution in [2.75, 3.05) is 26.4 Å². The molecule has 1 saturated carbocycles. The van der Waals surface area contributed by atoms with Gasteiger partial charge in [-0.25, -0.2) is 4.79 Å². The highest BCUT2D eigenvalue weighted by Gasteiger charge is 2.34. The summed E-state index contributed by atoms with van der Waals surface area (Å²) in [5.74, 6) is -1.62. The van der Waals surface area contributed by atoms with E-state index in [0.717, 1.165) is 12.8 Å². The highest BCUT2D eigenvalue weighted by atomic mass is 16.5. The van der Waals surface area contributed by atoms with Gasteiger partial charge in [-0.15, -0.1) is 0 Å². The number of carbonyl (C=O) groups excluding carboxylic acids is 1. The molecule has 2 atom stereocenters. The zero-order chi connectivity index (χ0) is 14.4. The number of rotatable bonds is 6. The molecule has 1 heterocycles. The van der Waals surface area contributed by atoms with Gasteiger partial charge in [0.25, 0.3) is 0 Å². The molecule has 1 aliphatic heterocycles. The van der Waals surface area contributed by atoms with Gasteiger partial charge in [-0.05, 0) is 12.8 Å². The van der Waals surface area contributed by atoms with Gasteiger partial charge in [0.2, 0.25) is 0 Å². The Bertz CT molecular complexity index is 344. The summed E-state index contributed by atoms with van der Waals surface area (Å²) in [5, 5.41) is 14.3. The van der Waals surface area contributed by atoms with E-state index in [1.165, 1.54) is 12.8 Å². The lowest BCUT2D eigenvalue weighted by molar-refractivity contribution is -0.142. The van der Waals surface area contributed by atoms with Crippen molar-refractivity contribution in [2.24, 2.45) is 5.92 Å². The number of urea groups is 1. The molecule has 1 aliphatic carbocycles. The van der Waals surface area contributed by atoms with Gasteiger partial charge >= 0.3 is 12.0 Å². The average molecular weight is 286 g/mol. The topological polar surface area (TPSA) is 96.9 Å². The first-order valence-electron chi connectivity index (χ1n) is 7.13. The first kappa shape index (κ1) is 15.1. The lowest BCUT2D eigenvalue weighted by atomic mass is 10.0. The first-order valence-corrected chi connectivity index (χ1v) is 7.13. The molecule has 114 valence electrons. The van der Waals surface area contributed by atoms with Gasteiger partial charge in [0.15, 0.2) is 0 Å². The van der Waals surface area contributed by atoms with Crippen molar-refractivity contribution < 1.29 is 24.2 Å². The molecule has 0 aromatic carbocycles. The Morgan fingerprint density at radius 2 is 2.00 bits per heavy atom. The van der Waals surface area contributed by atoms with E-state index in [9.17, 15) is 9.59 Å². The third kappa shape index (κ3) is 4.35. The second kappa shape index (κ2) is 7.44. The summed E-state index contributed by atoms with van der Waals surface area (Å²) in [4.78, 5) is 22.6. The molecular formula is C13H22N2O5. The van der Waals surface area contributed by atoms with E-state index in [0.29, 0.717) is 19.3 Å². The van der Waals surface area contributed by atoms with Crippen LogP contribution in [-0.4, -0.2) is 55.6 Å². The van der Waals surface area contributed by atoms with Gasteiger partial charge < -0.3 is 25.2 Å². The second-order valence-corrected chi connectivity index (χ2v) is 5.27. The highest BCUT2D eigenvalue weighted by Crippen LogP contribution is 2.20. The van der Waals surface area contributed by atoms with Gasteiger partial charge in [0.05, 0.1) is 32.0 Å². The van der Waals surface area contributed by atoms with Crippen molar-refractivity contribution in [2.45, 2.75) is 37.8 Å². The first-order chi connectivity index (χ1) is 9.66. The summed E-state index contributed by atoms with van der Waals surface area (Å²) in [5.41, 5.74) is 0. The van der Waals surface area contributed by atoms with Crippen LogP contribution in [0.25, 0.3) is 0 Å². The number of ether oxygens (including phenoxy) is 2. The summed E-state index contributed by atoms with van der Waals surface area (Å²) in [6.07, 6.45) is 4.98. The van der Waals surface area contributed by atoms with Crippen LogP contribution in [0.1, 0.15) is 25.7 Å². The molecule has 2 aliphatic rings. The molecule has 0 radical (unpaired) electrons. The Labute approximate surface area is 118 Å². The highest BCUT2D eigenvalue weighted by molar-refractivity contribution is 5.77. The van der Waals surface area contributed by atoms with Gasteiger partial charge in [-0.2, -0.15) is 0 Å². The van der Waals surface area contributed by atoms with Crippen molar-refractivity contribution in [1.82, 2.24) is 10.6 Å². The van der Waals surface area contributed by atoms with E-state index in [1.807, 2.05) is 0 Å². The quantitative estimate of drug-likeness (QED) is 0.612. The van der Waals surface area contributed by atoms with Gasteiger partial charge in [-0.3, -0.25) is 4.79 Å². The van der Waals surface area contributed by atoms with Crippen molar-refractivity contribution >= 4 is 12.0 Å². The standard InChI is InChI=1S/C13H22N2O5/c16-12(17)10-7-19-8-11(10)15-13(18)14-5-6-20-9-3-1-2-4-9/h9-11H,1-8H2,(H,16,17)(H2,14,15,18). The van der Waals surface area contributed by atoms with Crippen LogP contribution in [0, 0.1) is 5.92 Å². The maximum absolute atomic E-state index is 11.6. The predicted molar refractivity (Wildman–Crippen MR) is 70.5 cm³/mol. The Morgan fingerprint density at radius 3 is 2.70 bits per heavy atom. The smallest absolute Gasteiger partial charge is 0.315 e. The molecule has 2 unspecified atom stereocenters. The molecule has 0 aromatic heterocycles. The summed E-state index contributed by atoms with van der Waals surface area (Å²) < 4.78 is 10.7. The number of amides is 2. The van der Waals surface area contributed by atoms with Gasteiger partial charge in [-0.1, -0.05) is 12.8 Å². The maximum Gasteiger partial charge on any atom is 0.315 e. The molecule has 0 spiro atoms. The lowest BCUT2D eigenvalue weighted by Crippen LogP contribution is -2.47. The lowest BCUT2D eigenvalue weighted by Gasteiger charge is -2.16. The van der Waals surface area contributed by atoms with Crippen molar-refractivity contribution in [3.8, 4) is 0 Å². The van der Waals surface area contributed by atoms with Crippen LogP contribution in [0.3, 0.4) is 0 Å². The summed E-state index contributed by atoms with van der Waals surface area (Å²) in [7, 11) is 0. The van der Waals surface area contributed by atoms with Crippen molar-refractivity contribution in [3.63, 3.8) is 0 Å². The summed E-state index contributed by atoms with van der Waals surface area (Å²) >= 11 is 0. The number of hydrogen-bond donors (Lipinski definition) is 3. The van der Waals surface area contributed by atoms with E-state index in [4.69, 9.17) is 14.6 Å². The van der Waals surface area contributed by atoms with Crippen LogP contribution >= 0.6 is 0 Å². The van der Waals surface area contributed by atoms with Crippen LogP contribution in [-0.2, 0) is 14.3 Å². The van der Waals surface area contributed by atoms with Crippen LogP contribution < -0.4 is 10.6 Å². The maximum atomic E-state index is 11.6. The molecule has 7 heteroatoms. The Morgan fingerprint density at radius 1 is 1.25 bits per heavy atom. The molecule has 2 amide bonds. The largest absolute Gasteiger partial charge is 0.481 e. The number of aliphatic carboxylic acids is 1. The summed E-state index contributed by atoms with van der Waals surface area (Å²) in [6, 6.07) is -0.843. The van der Waals surface area contributed by atoms with E-state index >= 15 is 0 Å². The molecule has 0 aromatic rings. The van der Waals surface area contributed by atoms with Crippen molar-refractivity contribution in [1.29, 1.82) is 0 Å². The monoisotopic (exact) mass is 286 g/mol. The number of nitrogens with one attached hydrogen (secondary N) is 2. The van der Waals surface area contributed by atoms with E-state index < -0.39 is 17.9 Å². The fourth-order valence-corrected chi connectivity index (χ4v) is 2.60. The fourth-order valence-electron chi connectivity index (χ4n) is 2.60. The molecule has 0 bridgehead atoms. The number of carboxylic acids is 1. The zero-order valence-corrected chi connectivity index (χ0v) is 11.5. The van der Waals surface area contributed by atoms with Gasteiger partial charge in [0, 0.05) is 6.54 Å². The minimum atomic E-state index is -0.947. The molecule has 3 N–H and O–H groups in total. The Hall–Kier alpha value is -1.34. The Kier molecular flexibility index (Phi) is 5.60.